The Morgan fingerprint density at radius 1 is 0.917 bits per heavy atom. The van der Waals surface area contributed by atoms with Crippen LogP contribution in [0.15, 0.2) is 12.1 Å². The van der Waals surface area contributed by atoms with Gasteiger partial charge in [-0.3, -0.25) is 0 Å². The molecule has 0 aliphatic carbocycles. The fraction of sp³-hybridized carbons (Fsp3) is 0. The summed E-state index contributed by atoms with van der Waals surface area (Å²) in [5, 5.41) is 17.2. The van der Waals surface area contributed by atoms with Gasteiger partial charge in [-0.25, -0.2) is 0 Å². The van der Waals surface area contributed by atoms with Gasteiger partial charge in [0.25, 0.3) is 0 Å². The van der Waals surface area contributed by atoms with Crippen LogP contribution < -0.4 is 0 Å². The van der Waals surface area contributed by atoms with E-state index in [1.165, 1.54) is 22.7 Å². The highest BCUT2D eigenvalue weighted by atomic mass is 32.1. The summed E-state index contributed by atoms with van der Waals surface area (Å²) in [6.45, 7) is 0. The molecule has 2 rings (SSSR count). The van der Waals surface area contributed by atoms with Crippen molar-refractivity contribution < 1.29 is 0 Å². The van der Waals surface area contributed by atoms with Gasteiger partial charge in [0.1, 0.15) is 21.9 Å². The predicted molar refractivity (Wildman–Crippen MR) is 49.1 cm³/mol. The molecule has 0 bridgehead atoms. The number of fused-ring (bicyclic) bond motifs is 1. The van der Waals surface area contributed by atoms with Crippen LogP contribution in [0.3, 0.4) is 0 Å². The second-order valence-corrected chi connectivity index (χ2v) is 4.34. The molecule has 0 fully saturated rings. The van der Waals surface area contributed by atoms with Crippen LogP contribution in [0.2, 0.25) is 0 Å². The average Bonchev–Trinajstić information content (AvgIpc) is 2.59. The first-order valence-corrected chi connectivity index (χ1v) is 4.80. The van der Waals surface area contributed by atoms with Crippen LogP contribution in [-0.4, -0.2) is 0 Å². The van der Waals surface area contributed by atoms with E-state index in [1.54, 1.807) is 0 Å². The third kappa shape index (κ3) is 0.984. The molecule has 2 heterocycles. The molecule has 2 aromatic rings. The van der Waals surface area contributed by atoms with E-state index in [-0.39, 0.29) is 0 Å². The summed E-state index contributed by atoms with van der Waals surface area (Å²) >= 11 is 2.86. The molecule has 2 nitrogen and oxygen atoms in total. The lowest BCUT2D eigenvalue weighted by Gasteiger charge is -1.71. The van der Waals surface area contributed by atoms with Crippen molar-refractivity contribution in [1.29, 1.82) is 10.5 Å². The molecule has 0 radical (unpaired) electrons. The minimum absolute atomic E-state index is 0.709. The minimum atomic E-state index is 0.709. The first kappa shape index (κ1) is 7.30. The largest absolute Gasteiger partial charge is 0.192 e. The number of rotatable bonds is 0. The van der Waals surface area contributed by atoms with E-state index < -0.39 is 0 Å². The smallest absolute Gasteiger partial charge is 0.110 e. The molecular formula is C8H2N2S2. The third-order valence-corrected chi connectivity index (χ3v) is 3.53. The molecule has 12 heavy (non-hydrogen) atoms. The first-order chi connectivity index (χ1) is 5.83. The van der Waals surface area contributed by atoms with Crippen molar-refractivity contribution in [1.82, 2.24) is 0 Å². The minimum Gasteiger partial charge on any atom is -0.192 e. The van der Waals surface area contributed by atoms with Crippen LogP contribution >= 0.6 is 22.7 Å². The molecule has 0 unspecified atom stereocenters. The fourth-order valence-electron chi connectivity index (χ4n) is 0.946. The van der Waals surface area contributed by atoms with Crippen molar-refractivity contribution in [2.24, 2.45) is 0 Å². The van der Waals surface area contributed by atoms with Crippen LogP contribution in [0, 0.1) is 22.7 Å². The van der Waals surface area contributed by atoms with Gasteiger partial charge in [0.2, 0.25) is 0 Å². The lowest BCUT2D eigenvalue weighted by atomic mass is 10.4. The summed E-state index contributed by atoms with van der Waals surface area (Å²) in [5.74, 6) is 0. The van der Waals surface area contributed by atoms with Gasteiger partial charge in [0.15, 0.2) is 0 Å². The predicted octanol–water partition coefficient (Wildman–Crippen LogP) is 2.71. The van der Waals surface area contributed by atoms with Gasteiger partial charge < -0.3 is 0 Å². The molecule has 0 amide bonds. The molecule has 0 atom stereocenters. The zero-order valence-electron chi connectivity index (χ0n) is 5.87. The van der Waals surface area contributed by atoms with Crippen LogP contribution in [-0.2, 0) is 0 Å². The van der Waals surface area contributed by atoms with Crippen LogP contribution in [0.25, 0.3) is 9.40 Å². The van der Waals surface area contributed by atoms with Crippen molar-refractivity contribution in [3.63, 3.8) is 0 Å². The van der Waals surface area contributed by atoms with Gasteiger partial charge in [0.05, 0.1) is 0 Å². The Bertz CT molecular complexity index is 432. The van der Waals surface area contributed by atoms with E-state index in [0.29, 0.717) is 9.75 Å². The van der Waals surface area contributed by atoms with Gasteiger partial charge in [0, 0.05) is 9.40 Å². The summed E-state index contributed by atoms with van der Waals surface area (Å²) in [7, 11) is 0. The van der Waals surface area contributed by atoms with E-state index in [4.69, 9.17) is 10.5 Å². The van der Waals surface area contributed by atoms with Crippen LogP contribution in [0.5, 0.6) is 0 Å². The van der Waals surface area contributed by atoms with Crippen molar-refractivity contribution >= 4 is 32.1 Å². The first-order valence-electron chi connectivity index (χ1n) is 3.17. The van der Waals surface area contributed by atoms with E-state index in [1.807, 2.05) is 12.1 Å². The van der Waals surface area contributed by atoms with Gasteiger partial charge in [-0.2, -0.15) is 10.5 Å². The molecule has 56 valence electrons. The Kier molecular flexibility index (Phi) is 1.58. The second kappa shape index (κ2) is 2.60. The van der Waals surface area contributed by atoms with Crippen LogP contribution in [0.1, 0.15) is 9.75 Å². The molecule has 0 N–H and O–H groups in total. The van der Waals surface area contributed by atoms with Gasteiger partial charge in [-0.15, -0.1) is 22.7 Å². The molecule has 0 spiro atoms. The van der Waals surface area contributed by atoms with E-state index in [0.717, 1.165) is 9.40 Å². The molecular weight excluding hydrogens is 188 g/mol. The molecule has 2 aromatic heterocycles. The Morgan fingerprint density at radius 2 is 1.33 bits per heavy atom. The Balaban J connectivity index is 2.71. The molecule has 0 aromatic carbocycles. The molecule has 0 saturated carbocycles. The van der Waals surface area contributed by atoms with Gasteiger partial charge in [-0.05, 0) is 12.1 Å². The lowest BCUT2D eigenvalue weighted by molar-refractivity contribution is 1.52. The standard InChI is InChI=1S/C8H2N2S2/c9-3-5-1-7-8(11-5)2-6(4-10)12-7/h1-2H. The van der Waals surface area contributed by atoms with E-state index in [9.17, 15) is 0 Å². The molecule has 0 saturated heterocycles. The third-order valence-electron chi connectivity index (χ3n) is 1.43. The zero-order chi connectivity index (χ0) is 8.55. The van der Waals surface area contributed by atoms with Crippen molar-refractivity contribution in [3.05, 3.63) is 21.9 Å². The lowest BCUT2D eigenvalue weighted by Crippen LogP contribution is -1.55. The molecule has 4 heteroatoms. The number of hydrogen-bond donors (Lipinski definition) is 0. The van der Waals surface area contributed by atoms with Crippen molar-refractivity contribution in [2.75, 3.05) is 0 Å². The second-order valence-electron chi connectivity index (χ2n) is 2.17. The summed E-state index contributed by atoms with van der Waals surface area (Å²) in [6, 6.07) is 7.81. The Labute approximate surface area is 76.9 Å². The maximum atomic E-state index is 8.58. The summed E-state index contributed by atoms with van der Waals surface area (Å²) in [5.41, 5.74) is 0. The SMILES string of the molecule is N#Cc1cc2sc(C#N)cc2s1. The fourth-order valence-corrected chi connectivity index (χ4v) is 2.94. The van der Waals surface area contributed by atoms with E-state index in [2.05, 4.69) is 12.1 Å². The topological polar surface area (TPSA) is 47.6 Å². The Morgan fingerprint density at radius 3 is 1.67 bits per heavy atom. The van der Waals surface area contributed by atoms with Crippen molar-refractivity contribution in [2.45, 2.75) is 0 Å². The normalized spacial score (nSPS) is 9.50. The summed E-state index contributed by atoms with van der Waals surface area (Å²) < 4.78 is 2.07. The Hall–Kier alpha value is -1.36. The number of hydrogen-bond acceptors (Lipinski definition) is 4. The quantitative estimate of drug-likeness (QED) is 0.641. The molecule has 0 aliphatic rings. The zero-order valence-corrected chi connectivity index (χ0v) is 7.50. The number of nitrogens with zero attached hydrogens (tertiary/aromatic N) is 2. The summed E-state index contributed by atoms with van der Waals surface area (Å²) in [6.07, 6.45) is 0. The van der Waals surface area contributed by atoms with E-state index >= 15 is 0 Å². The van der Waals surface area contributed by atoms with Crippen molar-refractivity contribution in [3.8, 4) is 12.1 Å². The highest BCUT2D eigenvalue weighted by molar-refractivity contribution is 7.28. The number of thiophene rings is 2. The highest BCUT2D eigenvalue weighted by Gasteiger charge is 2.05. The van der Waals surface area contributed by atoms with Gasteiger partial charge >= 0.3 is 0 Å². The maximum absolute atomic E-state index is 8.58. The van der Waals surface area contributed by atoms with Gasteiger partial charge in [-0.1, -0.05) is 0 Å². The maximum Gasteiger partial charge on any atom is 0.110 e. The highest BCUT2D eigenvalue weighted by Crippen LogP contribution is 2.32. The average molecular weight is 190 g/mol. The van der Waals surface area contributed by atoms with Crippen LogP contribution in [0.4, 0.5) is 0 Å². The molecule has 0 aliphatic heterocycles. The number of nitriles is 2. The monoisotopic (exact) mass is 190 g/mol. The summed E-state index contributed by atoms with van der Waals surface area (Å²) in [4.78, 5) is 1.42.